The van der Waals surface area contributed by atoms with Gasteiger partial charge in [0, 0.05) is 19.5 Å². The fraction of sp³-hybridized carbons (Fsp3) is 0.800. The minimum absolute atomic E-state index is 0.601. The molecule has 3 unspecified atom stereocenters. The van der Waals surface area contributed by atoms with Gasteiger partial charge < -0.3 is 5.32 Å². The van der Waals surface area contributed by atoms with Gasteiger partial charge in [0.15, 0.2) is 0 Å². The van der Waals surface area contributed by atoms with E-state index < -0.39 is 0 Å². The SMILES string of the molecule is CCc1nn(C)c(CC(NC)C2CC3CC3C2)c1Br. The van der Waals surface area contributed by atoms with Crippen molar-refractivity contribution in [2.24, 2.45) is 24.8 Å². The predicted octanol–water partition coefficient (Wildman–Crippen LogP) is 2.92. The van der Waals surface area contributed by atoms with Crippen LogP contribution in [0.2, 0.25) is 0 Å². The molecule has 3 nitrogen and oxygen atoms in total. The van der Waals surface area contributed by atoms with Crippen LogP contribution in [0.4, 0.5) is 0 Å². The van der Waals surface area contributed by atoms with Crippen LogP contribution in [0.3, 0.4) is 0 Å². The van der Waals surface area contributed by atoms with Gasteiger partial charge in [0.05, 0.1) is 15.9 Å². The Kier molecular flexibility index (Phi) is 3.73. The Balaban J connectivity index is 1.73. The summed E-state index contributed by atoms with van der Waals surface area (Å²) in [5.41, 5.74) is 2.53. The highest BCUT2D eigenvalue weighted by Crippen LogP contribution is 2.55. The summed E-state index contributed by atoms with van der Waals surface area (Å²) in [6.07, 6.45) is 6.46. The van der Waals surface area contributed by atoms with Gasteiger partial charge in [-0.2, -0.15) is 5.10 Å². The van der Waals surface area contributed by atoms with Crippen LogP contribution in [0.1, 0.15) is 37.6 Å². The maximum Gasteiger partial charge on any atom is 0.0766 e. The Hall–Kier alpha value is -0.350. The molecule has 0 bridgehead atoms. The molecule has 1 aromatic rings. The molecule has 2 fully saturated rings. The lowest BCUT2D eigenvalue weighted by molar-refractivity contribution is 0.344. The first-order valence-electron chi connectivity index (χ1n) is 7.51. The van der Waals surface area contributed by atoms with E-state index in [1.54, 1.807) is 0 Å². The normalized spacial score (nSPS) is 30.4. The number of halogens is 1. The van der Waals surface area contributed by atoms with E-state index in [0.717, 1.165) is 30.6 Å². The number of nitrogens with one attached hydrogen (secondary N) is 1. The second kappa shape index (κ2) is 5.21. The van der Waals surface area contributed by atoms with E-state index in [0.29, 0.717) is 6.04 Å². The third-order valence-corrected chi connectivity index (χ3v) is 6.05. The second-order valence-corrected chi connectivity index (χ2v) is 7.06. The van der Waals surface area contributed by atoms with Gasteiger partial charge in [-0.1, -0.05) is 6.92 Å². The second-order valence-electron chi connectivity index (χ2n) is 6.27. The van der Waals surface area contributed by atoms with Gasteiger partial charge in [-0.05, 0) is 66.4 Å². The standard InChI is InChI=1S/C15H24BrN3/c1-4-12-15(16)14(19(3)18-12)8-13(17-2)11-6-9-5-10(9)7-11/h9-11,13,17H,4-8H2,1-3H3. The third-order valence-electron chi connectivity index (χ3n) is 5.14. The molecule has 106 valence electrons. The average Bonchev–Trinajstić information content (AvgIpc) is 2.92. The number of likely N-dealkylation sites (N-methyl/N-ethyl adjacent to an activating group) is 1. The van der Waals surface area contributed by atoms with Crippen LogP contribution in [0.15, 0.2) is 4.47 Å². The molecule has 19 heavy (non-hydrogen) atoms. The van der Waals surface area contributed by atoms with Crippen LogP contribution in [0.25, 0.3) is 0 Å². The molecule has 0 amide bonds. The van der Waals surface area contributed by atoms with Crippen molar-refractivity contribution in [1.82, 2.24) is 15.1 Å². The molecule has 3 rings (SSSR count). The Morgan fingerprint density at radius 1 is 1.37 bits per heavy atom. The average molecular weight is 326 g/mol. The van der Waals surface area contributed by atoms with Crippen molar-refractivity contribution in [2.45, 2.75) is 45.1 Å². The zero-order valence-electron chi connectivity index (χ0n) is 12.1. The van der Waals surface area contributed by atoms with Crippen LogP contribution in [0.5, 0.6) is 0 Å². The summed E-state index contributed by atoms with van der Waals surface area (Å²) in [6, 6.07) is 0.601. The highest BCUT2D eigenvalue weighted by molar-refractivity contribution is 9.10. The van der Waals surface area contributed by atoms with Gasteiger partial charge >= 0.3 is 0 Å². The predicted molar refractivity (Wildman–Crippen MR) is 81.2 cm³/mol. The van der Waals surface area contributed by atoms with Gasteiger partial charge in [-0.25, -0.2) is 0 Å². The molecule has 1 N–H and O–H groups in total. The summed E-state index contributed by atoms with van der Waals surface area (Å²) < 4.78 is 3.28. The topological polar surface area (TPSA) is 29.9 Å². The van der Waals surface area contributed by atoms with Gasteiger partial charge in [-0.3, -0.25) is 4.68 Å². The first kappa shape index (κ1) is 13.6. The molecule has 0 saturated heterocycles. The number of aryl methyl sites for hydroxylation is 2. The van der Waals surface area contributed by atoms with Crippen molar-refractivity contribution in [1.29, 1.82) is 0 Å². The molecule has 1 heterocycles. The van der Waals surface area contributed by atoms with Crippen molar-refractivity contribution in [3.05, 3.63) is 15.9 Å². The molecular weight excluding hydrogens is 302 g/mol. The molecule has 0 radical (unpaired) electrons. The van der Waals surface area contributed by atoms with E-state index in [4.69, 9.17) is 0 Å². The molecule has 0 aliphatic heterocycles. The summed E-state index contributed by atoms with van der Waals surface area (Å²) in [5.74, 6) is 2.98. The van der Waals surface area contributed by atoms with Gasteiger partial charge in [0.2, 0.25) is 0 Å². The number of hydrogen-bond acceptors (Lipinski definition) is 2. The van der Waals surface area contributed by atoms with Gasteiger partial charge in [0.1, 0.15) is 0 Å². The van der Waals surface area contributed by atoms with Crippen LogP contribution >= 0.6 is 15.9 Å². The minimum Gasteiger partial charge on any atom is -0.316 e. The molecule has 3 atom stereocenters. The Morgan fingerprint density at radius 3 is 2.58 bits per heavy atom. The quantitative estimate of drug-likeness (QED) is 0.902. The van der Waals surface area contributed by atoms with Crippen molar-refractivity contribution >= 4 is 15.9 Å². The molecule has 2 aliphatic carbocycles. The smallest absolute Gasteiger partial charge is 0.0766 e. The Labute approximate surface area is 124 Å². The number of hydrogen-bond donors (Lipinski definition) is 1. The fourth-order valence-electron chi connectivity index (χ4n) is 3.84. The zero-order valence-corrected chi connectivity index (χ0v) is 13.7. The monoisotopic (exact) mass is 325 g/mol. The van der Waals surface area contributed by atoms with E-state index in [1.165, 1.54) is 35.1 Å². The van der Waals surface area contributed by atoms with E-state index in [2.05, 4.69) is 52.0 Å². The maximum atomic E-state index is 4.61. The Bertz CT molecular complexity index is 458. The number of rotatable bonds is 5. The zero-order chi connectivity index (χ0) is 13.6. The van der Waals surface area contributed by atoms with E-state index >= 15 is 0 Å². The van der Waals surface area contributed by atoms with Crippen molar-refractivity contribution in [3.63, 3.8) is 0 Å². The van der Waals surface area contributed by atoms with Crippen LogP contribution in [0, 0.1) is 17.8 Å². The van der Waals surface area contributed by atoms with E-state index in [9.17, 15) is 0 Å². The Morgan fingerprint density at radius 2 is 2.05 bits per heavy atom. The summed E-state index contributed by atoms with van der Waals surface area (Å²) in [6.45, 7) is 2.16. The van der Waals surface area contributed by atoms with Crippen LogP contribution < -0.4 is 5.32 Å². The highest BCUT2D eigenvalue weighted by Gasteiger charge is 2.47. The first-order valence-corrected chi connectivity index (χ1v) is 8.30. The maximum absolute atomic E-state index is 4.61. The summed E-state index contributed by atoms with van der Waals surface area (Å²) in [7, 11) is 4.18. The third kappa shape index (κ3) is 2.49. The summed E-state index contributed by atoms with van der Waals surface area (Å²) in [4.78, 5) is 0. The molecule has 1 aromatic heterocycles. The van der Waals surface area contributed by atoms with Crippen LogP contribution in [-0.2, 0) is 19.9 Å². The van der Waals surface area contributed by atoms with Crippen LogP contribution in [-0.4, -0.2) is 22.9 Å². The minimum atomic E-state index is 0.601. The lowest BCUT2D eigenvalue weighted by Crippen LogP contribution is -2.35. The molecule has 4 heteroatoms. The first-order chi connectivity index (χ1) is 9.13. The summed E-state index contributed by atoms with van der Waals surface area (Å²) >= 11 is 3.74. The van der Waals surface area contributed by atoms with Crippen molar-refractivity contribution < 1.29 is 0 Å². The molecular formula is C15H24BrN3. The molecule has 0 spiro atoms. The lowest BCUT2D eigenvalue weighted by atomic mass is 9.91. The molecule has 2 aliphatic rings. The van der Waals surface area contributed by atoms with Gasteiger partial charge in [0.25, 0.3) is 0 Å². The highest BCUT2D eigenvalue weighted by atomic mass is 79.9. The number of nitrogens with zero attached hydrogens (tertiary/aromatic N) is 2. The van der Waals surface area contributed by atoms with Crippen molar-refractivity contribution in [3.8, 4) is 0 Å². The van der Waals surface area contributed by atoms with E-state index in [-0.39, 0.29) is 0 Å². The number of fused-ring (bicyclic) bond motifs is 1. The number of aromatic nitrogens is 2. The lowest BCUT2D eigenvalue weighted by Gasteiger charge is -2.24. The van der Waals surface area contributed by atoms with Crippen molar-refractivity contribution in [2.75, 3.05) is 7.05 Å². The molecule has 0 aromatic carbocycles. The molecule has 2 saturated carbocycles. The summed E-state index contributed by atoms with van der Waals surface area (Å²) in [5, 5.41) is 8.16. The fourth-order valence-corrected chi connectivity index (χ4v) is 4.62. The van der Waals surface area contributed by atoms with E-state index in [1.807, 2.05) is 0 Å². The van der Waals surface area contributed by atoms with Gasteiger partial charge in [-0.15, -0.1) is 0 Å². The largest absolute Gasteiger partial charge is 0.316 e.